The number of nitrogens with zero attached hydrogens (tertiary/aromatic N) is 2. The van der Waals surface area contributed by atoms with Crippen molar-refractivity contribution in [3.8, 4) is 0 Å². The Kier molecular flexibility index (Phi) is 2.71. The lowest BCUT2D eigenvalue weighted by Crippen LogP contribution is -1.99. The molecule has 0 amide bonds. The van der Waals surface area contributed by atoms with E-state index < -0.39 is 0 Å². The molecule has 17 heavy (non-hydrogen) atoms. The van der Waals surface area contributed by atoms with Crippen LogP contribution in [0, 0.1) is 0 Å². The number of rotatable bonds is 3. The highest BCUT2D eigenvalue weighted by Crippen LogP contribution is 2.15. The summed E-state index contributed by atoms with van der Waals surface area (Å²) in [5.74, 6) is 0.900. The molecule has 0 aliphatic heterocycles. The molecule has 3 nitrogen and oxygen atoms in total. The Morgan fingerprint density at radius 2 is 2.06 bits per heavy atom. The van der Waals surface area contributed by atoms with Crippen molar-refractivity contribution in [2.75, 3.05) is 5.32 Å². The topological polar surface area (TPSA) is 37.8 Å². The fourth-order valence-corrected chi connectivity index (χ4v) is 2.21. The van der Waals surface area contributed by atoms with Gasteiger partial charge in [-0.05, 0) is 18.2 Å². The van der Waals surface area contributed by atoms with Crippen molar-refractivity contribution < 1.29 is 0 Å². The predicted octanol–water partition coefficient (Wildman–Crippen LogP) is 3.30. The minimum absolute atomic E-state index is 0.774. The standard InChI is InChI=1S/C13H11N3S/c1-2-4-12-10(3-1)5-6-13(16-12)15-8-11-7-14-9-17-11/h1-7,9H,8H2,(H,15,16). The van der Waals surface area contributed by atoms with Crippen molar-refractivity contribution in [1.82, 2.24) is 9.97 Å². The molecule has 4 heteroatoms. The molecule has 2 aromatic heterocycles. The molecule has 3 rings (SSSR count). The minimum Gasteiger partial charge on any atom is -0.365 e. The molecule has 0 aliphatic carbocycles. The van der Waals surface area contributed by atoms with Crippen molar-refractivity contribution in [2.45, 2.75) is 6.54 Å². The number of benzene rings is 1. The van der Waals surface area contributed by atoms with Crippen molar-refractivity contribution in [3.63, 3.8) is 0 Å². The third kappa shape index (κ3) is 2.26. The summed E-state index contributed by atoms with van der Waals surface area (Å²) in [5.41, 5.74) is 2.85. The first-order chi connectivity index (χ1) is 8.42. The van der Waals surface area contributed by atoms with Gasteiger partial charge in [-0.3, -0.25) is 4.98 Å². The molecule has 0 unspecified atom stereocenters. The lowest BCUT2D eigenvalue weighted by molar-refractivity contribution is 1.14. The minimum atomic E-state index is 0.774. The number of hydrogen-bond donors (Lipinski definition) is 1. The van der Waals surface area contributed by atoms with E-state index >= 15 is 0 Å². The van der Waals surface area contributed by atoms with Gasteiger partial charge in [-0.1, -0.05) is 18.2 Å². The number of nitrogens with one attached hydrogen (secondary N) is 1. The summed E-state index contributed by atoms with van der Waals surface area (Å²) in [6, 6.07) is 12.2. The summed E-state index contributed by atoms with van der Waals surface area (Å²) < 4.78 is 0. The van der Waals surface area contributed by atoms with Crippen LogP contribution < -0.4 is 5.32 Å². The highest BCUT2D eigenvalue weighted by atomic mass is 32.1. The number of pyridine rings is 1. The van der Waals surface area contributed by atoms with Gasteiger partial charge in [0.1, 0.15) is 5.82 Å². The third-order valence-electron chi connectivity index (χ3n) is 2.53. The first-order valence-electron chi connectivity index (χ1n) is 5.39. The number of para-hydroxylation sites is 1. The smallest absolute Gasteiger partial charge is 0.126 e. The number of hydrogen-bond acceptors (Lipinski definition) is 4. The van der Waals surface area contributed by atoms with Crippen LogP contribution in [0.2, 0.25) is 0 Å². The van der Waals surface area contributed by atoms with E-state index in [9.17, 15) is 0 Å². The average molecular weight is 241 g/mol. The molecule has 84 valence electrons. The predicted molar refractivity (Wildman–Crippen MR) is 71.2 cm³/mol. The fourth-order valence-electron chi connectivity index (χ4n) is 1.67. The number of thiazole rings is 1. The van der Waals surface area contributed by atoms with Crippen molar-refractivity contribution in [1.29, 1.82) is 0 Å². The maximum Gasteiger partial charge on any atom is 0.126 e. The van der Waals surface area contributed by atoms with Crippen LogP contribution in [0.3, 0.4) is 0 Å². The van der Waals surface area contributed by atoms with Crippen molar-refractivity contribution in [3.05, 3.63) is 53.0 Å². The van der Waals surface area contributed by atoms with Gasteiger partial charge in [-0.15, -0.1) is 11.3 Å². The highest BCUT2D eigenvalue weighted by Gasteiger charge is 1.98. The monoisotopic (exact) mass is 241 g/mol. The fraction of sp³-hybridized carbons (Fsp3) is 0.0769. The second kappa shape index (κ2) is 4.51. The Balaban J connectivity index is 1.81. The molecule has 0 aliphatic rings. The van der Waals surface area contributed by atoms with Crippen LogP contribution in [-0.4, -0.2) is 9.97 Å². The molecule has 0 radical (unpaired) electrons. The van der Waals surface area contributed by atoms with Crippen LogP contribution in [0.5, 0.6) is 0 Å². The summed E-state index contributed by atoms with van der Waals surface area (Å²) in [7, 11) is 0. The molecule has 0 fully saturated rings. The van der Waals surface area contributed by atoms with Crippen LogP contribution in [0.25, 0.3) is 10.9 Å². The van der Waals surface area contributed by atoms with Crippen LogP contribution in [-0.2, 0) is 6.54 Å². The van der Waals surface area contributed by atoms with Crippen molar-refractivity contribution >= 4 is 28.1 Å². The maximum atomic E-state index is 4.55. The third-order valence-corrected chi connectivity index (χ3v) is 3.31. The summed E-state index contributed by atoms with van der Waals surface area (Å²) in [6.07, 6.45) is 1.87. The molecule has 0 saturated carbocycles. The van der Waals surface area contributed by atoms with Crippen LogP contribution >= 0.6 is 11.3 Å². The van der Waals surface area contributed by atoms with Crippen LogP contribution in [0.1, 0.15) is 4.88 Å². The first-order valence-corrected chi connectivity index (χ1v) is 6.27. The Morgan fingerprint density at radius 3 is 2.94 bits per heavy atom. The second-order valence-corrected chi connectivity index (χ2v) is 4.68. The zero-order valence-corrected chi connectivity index (χ0v) is 9.95. The molecular weight excluding hydrogens is 230 g/mol. The average Bonchev–Trinajstić information content (AvgIpc) is 2.89. The zero-order valence-electron chi connectivity index (χ0n) is 9.13. The molecule has 0 spiro atoms. The molecule has 1 aromatic carbocycles. The first kappa shape index (κ1) is 10.2. The molecule has 3 aromatic rings. The van der Waals surface area contributed by atoms with E-state index in [0.717, 1.165) is 23.3 Å². The maximum absolute atomic E-state index is 4.55. The lowest BCUT2D eigenvalue weighted by atomic mass is 10.2. The van der Waals surface area contributed by atoms with E-state index in [1.807, 2.05) is 36.0 Å². The summed E-state index contributed by atoms with van der Waals surface area (Å²) in [6.45, 7) is 0.774. The van der Waals surface area contributed by atoms with E-state index in [1.54, 1.807) is 11.3 Å². The van der Waals surface area contributed by atoms with Gasteiger partial charge in [0.05, 0.1) is 17.6 Å². The van der Waals surface area contributed by atoms with Gasteiger partial charge < -0.3 is 5.32 Å². The Morgan fingerprint density at radius 1 is 1.12 bits per heavy atom. The molecule has 0 saturated heterocycles. The molecule has 2 heterocycles. The van der Waals surface area contributed by atoms with Gasteiger partial charge in [0.2, 0.25) is 0 Å². The van der Waals surface area contributed by atoms with E-state index in [0.29, 0.717) is 0 Å². The molecular formula is C13H11N3S. The molecule has 1 N–H and O–H groups in total. The van der Waals surface area contributed by atoms with Gasteiger partial charge in [0.15, 0.2) is 0 Å². The van der Waals surface area contributed by atoms with Crippen LogP contribution in [0.15, 0.2) is 48.1 Å². The Labute approximate surface area is 103 Å². The lowest BCUT2D eigenvalue weighted by Gasteiger charge is -2.04. The van der Waals surface area contributed by atoms with E-state index in [4.69, 9.17) is 0 Å². The number of anilines is 1. The quantitative estimate of drug-likeness (QED) is 0.764. The second-order valence-electron chi connectivity index (χ2n) is 3.71. The van der Waals surface area contributed by atoms with E-state index in [1.165, 1.54) is 4.88 Å². The Bertz CT molecular complexity index is 619. The number of aromatic nitrogens is 2. The van der Waals surface area contributed by atoms with Gasteiger partial charge >= 0.3 is 0 Å². The van der Waals surface area contributed by atoms with E-state index in [2.05, 4.69) is 27.4 Å². The highest BCUT2D eigenvalue weighted by molar-refractivity contribution is 7.09. The normalized spacial score (nSPS) is 10.6. The largest absolute Gasteiger partial charge is 0.365 e. The van der Waals surface area contributed by atoms with Gasteiger partial charge in [-0.2, -0.15) is 0 Å². The van der Waals surface area contributed by atoms with Gasteiger partial charge in [0, 0.05) is 16.5 Å². The van der Waals surface area contributed by atoms with E-state index in [-0.39, 0.29) is 0 Å². The Hall–Kier alpha value is -1.94. The summed E-state index contributed by atoms with van der Waals surface area (Å²) in [5, 5.41) is 4.46. The van der Waals surface area contributed by atoms with Gasteiger partial charge in [-0.25, -0.2) is 4.98 Å². The zero-order chi connectivity index (χ0) is 11.5. The molecule has 0 bridgehead atoms. The summed E-state index contributed by atoms with van der Waals surface area (Å²) in [4.78, 5) is 9.80. The van der Waals surface area contributed by atoms with Crippen molar-refractivity contribution in [2.24, 2.45) is 0 Å². The molecule has 0 atom stereocenters. The SMILES string of the molecule is c1ccc2nc(NCc3cncs3)ccc2c1. The number of fused-ring (bicyclic) bond motifs is 1. The summed E-state index contributed by atoms with van der Waals surface area (Å²) >= 11 is 1.64. The van der Waals surface area contributed by atoms with Crippen LogP contribution in [0.4, 0.5) is 5.82 Å². The van der Waals surface area contributed by atoms with Gasteiger partial charge in [0.25, 0.3) is 0 Å².